The highest BCUT2D eigenvalue weighted by Gasteiger charge is 2.16. The number of ether oxygens (including phenoxy) is 2. The highest BCUT2D eigenvalue weighted by atomic mass is 35.5. The van der Waals surface area contributed by atoms with Crippen LogP contribution in [0.3, 0.4) is 0 Å². The van der Waals surface area contributed by atoms with Crippen LogP contribution in [0.5, 0.6) is 11.5 Å². The lowest BCUT2D eigenvalue weighted by Crippen LogP contribution is -2.33. The van der Waals surface area contributed by atoms with E-state index in [9.17, 15) is 9.59 Å². The van der Waals surface area contributed by atoms with E-state index in [1.54, 1.807) is 55.5 Å². The van der Waals surface area contributed by atoms with Gasteiger partial charge in [0.2, 0.25) is 0 Å². The first-order valence-corrected chi connectivity index (χ1v) is 10.4. The zero-order valence-electron chi connectivity index (χ0n) is 17.3. The number of carbonyl (C=O) groups excluding carboxylic acids is 2. The van der Waals surface area contributed by atoms with Gasteiger partial charge >= 0.3 is 5.97 Å². The summed E-state index contributed by atoms with van der Waals surface area (Å²) in [5.41, 5.74) is 4.46. The van der Waals surface area contributed by atoms with Crippen LogP contribution in [0, 0.1) is 6.92 Å². The molecule has 0 aliphatic heterocycles. The molecular weight excluding hydrogens is 451 g/mol. The van der Waals surface area contributed by atoms with E-state index >= 15 is 0 Å². The Bertz CT molecular complexity index is 1150. The van der Waals surface area contributed by atoms with E-state index in [-0.39, 0.29) is 0 Å². The van der Waals surface area contributed by atoms with Gasteiger partial charge in [-0.25, -0.2) is 10.2 Å². The summed E-state index contributed by atoms with van der Waals surface area (Å²) in [6, 6.07) is 18.7. The van der Waals surface area contributed by atoms with Gasteiger partial charge in [0.1, 0.15) is 11.5 Å². The van der Waals surface area contributed by atoms with Gasteiger partial charge in [-0.1, -0.05) is 41.4 Å². The number of nitrogens with zero attached hydrogens (tertiary/aromatic N) is 1. The molecule has 8 heteroatoms. The van der Waals surface area contributed by atoms with Crippen LogP contribution in [0.4, 0.5) is 0 Å². The average Bonchev–Trinajstić information content (AvgIpc) is 2.77. The number of hydrogen-bond donors (Lipinski definition) is 1. The zero-order valence-corrected chi connectivity index (χ0v) is 18.9. The van der Waals surface area contributed by atoms with Crippen molar-refractivity contribution in [3.8, 4) is 11.5 Å². The van der Waals surface area contributed by atoms with Gasteiger partial charge in [0, 0.05) is 5.02 Å². The fraction of sp³-hybridized carbons (Fsp3) is 0.125. The number of benzene rings is 3. The van der Waals surface area contributed by atoms with Crippen LogP contribution in [0.15, 0.2) is 71.8 Å². The molecule has 0 saturated carbocycles. The Morgan fingerprint density at radius 2 is 1.75 bits per heavy atom. The molecule has 3 rings (SSSR count). The Morgan fingerprint density at radius 1 is 1.03 bits per heavy atom. The minimum Gasteiger partial charge on any atom is -0.479 e. The molecule has 3 aromatic carbocycles. The second-order valence-corrected chi connectivity index (χ2v) is 7.69. The predicted octanol–water partition coefficient (Wildman–Crippen LogP) is 5.44. The molecule has 0 aliphatic rings. The topological polar surface area (TPSA) is 77.0 Å². The van der Waals surface area contributed by atoms with Gasteiger partial charge in [-0.3, -0.25) is 4.79 Å². The SMILES string of the molecule is Cc1ccccc1C(=O)Oc1ccc(C=NNC(=O)C(C)Oc2ccc(Cl)cc2Cl)cc1. The minimum absolute atomic E-state index is 0.309. The molecule has 1 N–H and O–H groups in total. The van der Waals surface area contributed by atoms with Crippen molar-refractivity contribution >= 4 is 41.3 Å². The molecule has 1 unspecified atom stereocenters. The van der Waals surface area contributed by atoms with Gasteiger partial charge < -0.3 is 9.47 Å². The van der Waals surface area contributed by atoms with Crippen LogP contribution < -0.4 is 14.9 Å². The van der Waals surface area contributed by atoms with Crippen molar-refractivity contribution in [2.45, 2.75) is 20.0 Å². The summed E-state index contributed by atoms with van der Waals surface area (Å²) < 4.78 is 10.9. The fourth-order valence-electron chi connectivity index (χ4n) is 2.66. The highest BCUT2D eigenvalue weighted by Crippen LogP contribution is 2.28. The Morgan fingerprint density at radius 3 is 2.44 bits per heavy atom. The molecule has 1 amide bonds. The Hall–Kier alpha value is -3.35. The standard InChI is InChI=1S/C24H20Cl2N2O4/c1-15-5-3-4-6-20(15)24(30)32-19-10-7-17(8-11-19)14-27-28-23(29)16(2)31-22-12-9-18(25)13-21(22)26/h3-14,16H,1-2H3,(H,28,29). The molecule has 0 spiro atoms. The summed E-state index contributed by atoms with van der Waals surface area (Å²) in [6.07, 6.45) is 0.640. The van der Waals surface area contributed by atoms with Gasteiger partial charge in [-0.15, -0.1) is 0 Å². The third-order valence-electron chi connectivity index (χ3n) is 4.41. The second kappa shape index (κ2) is 10.8. The van der Waals surface area contributed by atoms with Crippen LogP contribution in [-0.4, -0.2) is 24.2 Å². The van der Waals surface area contributed by atoms with Crippen molar-refractivity contribution in [3.05, 3.63) is 93.5 Å². The Balaban J connectivity index is 1.52. The van der Waals surface area contributed by atoms with Crippen LogP contribution in [0.1, 0.15) is 28.4 Å². The third kappa shape index (κ3) is 6.33. The molecular formula is C24H20Cl2N2O4. The minimum atomic E-state index is -0.825. The number of rotatable bonds is 7. The molecule has 32 heavy (non-hydrogen) atoms. The lowest BCUT2D eigenvalue weighted by Gasteiger charge is -2.14. The summed E-state index contributed by atoms with van der Waals surface area (Å²) in [4.78, 5) is 24.5. The van der Waals surface area contributed by atoms with Gasteiger partial charge in [-0.2, -0.15) is 5.10 Å². The first-order valence-electron chi connectivity index (χ1n) is 9.66. The van der Waals surface area contributed by atoms with Gasteiger partial charge in [0.25, 0.3) is 5.91 Å². The number of nitrogens with one attached hydrogen (secondary N) is 1. The maximum absolute atomic E-state index is 12.3. The number of aryl methyl sites for hydroxylation is 1. The average molecular weight is 471 g/mol. The molecule has 3 aromatic rings. The number of halogens is 2. The van der Waals surface area contributed by atoms with E-state index in [1.807, 2.05) is 19.1 Å². The highest BCUT2D eigenvalue weighted by molar-refractivity contribution is 6.35. The quantitative estimate of drug-likeness (QED) is 0.216. The number of hydrogen-bond acceptors (Lipinski definition) is 5. The second-order valence-electron chi connectivity index (χ2n) is 6.84. The number of esters is 1. The Kier molecular flexibility index (Phi) is 7.87. The number of carbonyl (C=O) groups is 2. The van der Waals surface area contributed by atoms with Crippen LogP contribution in [0.2, 0.25) is 10.0 Å². The van der Waals surface area contributed by atoms with Crippen molar-refractivity contribution in [3.63, 3.8) is 0 Å². The third-order valence-corrected chi connectivity index (χ3v) is 4.94. The molecule has 0 bridgehead atoms. The molecule has 0 saturated heterocycles. The molecule has 0 radical (unpaired) electrons. The van der Waals surface area contributed by atoms with Gasteiger partial charge in [0.05, 0.1) is 16.8 Å². The molecule has 0 heterocycles. The van der Waals surface area contributed by atoms with Crippen LogP contribution in [-0.2, 0) is 4.79 Å². The molecule has 0 aliphatic carbocycles. The summed E-state index contributed by atoms with van der Waals surface area (Å²) in [5, 5.41) is 4.71. The Labute approximate surface area is 195 Å². The maximum Gasteiger partial charge on any atom is 0.343 e. The van der Waals surface area contributed by atoms with Crippen molar-refractivity contribution in [2.75, 3.05) is 0 Å². The monoisotopic (exact) mass is 470 g/mol. The zero-order chi connectivity index (χ0) is 23.1. The normalized spacial score (nSPS) is 11.8. The largest absolute Gasteiger partial charge is 0.479 e. The lowest BCUT2D eigenvalue weighted by atomic mass is 10.1. The molecule has 6 nitrogen and oxygen atoms in total. The molecule has 1 atom stereocenters. The number of hydrazone groups is 1. The van der Waals surface area contributed by atoms with E-state index < -0.39 is 18.0 Å². The molecule has 0 aromatic heterocycles. The van der Waals surface area contributed by atoms with Gasteiger partial charge in [-0.05, 0) is 73.5 Å². The predicted molar refractivity (Wildman–Crippen MR) is 125 cm³/mol. The van der Waals surface area contributed by atoms with E-state index in [0.29, 0.717) is 32.7 Å². The molecule has 164 valence electrons. The van der Waals surface area contributed by atoms with E-state index in [1.165, 1.54) is 12.3 Å². The summed E-state index contributed by atoms with van der Waals surface area (Å²) in [7, 11) is 0. The van der Waals surface area contributed by atoms with Crippen LogP contribution >= 0.6 is 23.2 Å². The van der Waals surface area contributed by atoms with Crippen molar-refractivity contribution in [1.82, 2.24) is 5.43 Å². The van der Waals surface area contributed by atoms with Crippen molar-refractivity contribution in [1.29, 1.82) is 0 Å². The number of amides is 1. The summed E-state index contributed by atoms with van der Waals surface area (Å²) >= 11 is 11.9. The van der Waals surface area contributed by atoms with Crippen molar-refractivity contribution in [2.24, 2.45) is 5.10 Å². The first-order chi connectivity index (χ1) is 15.3. The van der Waals surface area contributed by atoms with E-state index in [2.05, 4.69) is 10.5 Å². The summed E-state index contributed by atoms with van der Waals surface area (Å²) in [6.45, 7) is 3.42. The maximum atomic E-state index is 12.3. The smallest absolute Gasteiger partial charge is 0.343 e. The van der Waals surface area contributed by atoms with Crippen LogP contribution in [0.25, 0.3) is 0 Å². The fourth-order valence-corrected chi connectivity index (χ4v) is 3.12. The van der Waals surface area contributed by atoms with Crippen molar-refractivity contribution < 1.29 is 19.1 Å². The van der Waals surface area contributed by atoms with E-state index in [4.69, 9.17) is 32.7 Å². The molecule has 0 fully saturated rings. The summed E-state index contributed by atoms with van der Waals surface area (Å²) in [5.74, 6) is -0.123. The lowest BCUT2D eigenvalue weighted by molar-refractivity contribution is -0.127. The van der Waals surface area contributed by atoms with E-state index in [0.717, 1.165) is 5.56 Å². The first kappa shape index (κ1) is 23.3. The van der Waals surface area contributed by atoms with Gasteiger partial charge in [0.15, 0.2) is 6.10 Å².